The molecule has 0 aliphatic carbocycles. The fourth-order valence-corrected chi connectivity index (χ4v) is 3.71. The summed E-state index contributed by atoms with van der Waals surface area (Å²) in [6.45, 7) is 3.99. The lowest BCUT2D eigenvalue weighted by molar-refractivity contribution is 0.330. The first-order chi connectivity index (χ1) is 9.58. The van der Waals surface area contributed by atoms with Crippen LogP contribution in [0.5, 0.6) is 0 Å². The highest BCUT2D eigenvalue weighted by atomic mass is 79.9. The summed E-state index contributed by atoms with van der Waals surface area (Å²) in [5.41, 5.74) is 0. The van der Waals surface area contributed by atoms with Gasteiger partial charge < -0.3 is 4.90 Å². The van der Waals surface area contributed by atoms with Gasteiger partial charge in [0.05, 0.1) is 4.90 Å². The molecule has 1 heterocycles. The van der Waals surface area contributed by atoms with Crippen molar-refractivity contribution in [1.82, 2.24) is 9.62 Å². The smallest absolute Gasteiger partial charge is 0.240 e. The molecule has 0 aromatic heterocycles. The molecule has 1 fully saturated rings. The number of unbranched alkanes of at least 4 members (excludes halogenated alkanes) is 1. The maximum atomic E-state index is 12.0. The van der Waals surface area contributed by atoms with Gasteiger partial charge in [-0.2, -0.15) is 0 Å². The Morgan fingerprint density at radius 2 is 1.75 bits per heavy atom. The lowest BCUT2D eigenvalue weighted by Crippen LogP contribution is -2.26. The summed E-state index contributed by atoms with van der Waals surface area (Å²) < 4.78 is 27.6. The number of likely N-dealkylation sites (tertiary alicyclic amines) is 1. The molecule has 0 unspecified atom stereocenters. The molecule has 6 heteroatoms. The molecule has 0 atom stereocenters. The molecule has 1 N–H and O–H groups in total. The van der Waals surface area contributed by atoms with E-state index in [2.05, 4.69) is 25.6 Å². The molecule has 0 bridgehead atoms. The number of hydrogen-bond donors (Lipinski definition) is 1. The Bertz CT molecular complexity index is 510. The number of hydrogen-bond acceptors (Lipinski definition) is 3. The van der Waals surface area contributed by atoms with Crippen LogP contribution in [0.4, 0.5) is 0 Å². The summed E-state index contributed by atoms with van der Waals surface area (Å²) >= 11 is 3.30. The van der Waals surface area contributed by atoms with Crippen molar-refractivity contribution >= 4 is 26.0 Å². The minimum Gasteiger partial charge on any atom is -0.303 e. The van der Waals surface area contributed by atoms with E-state index >= 15 is 0 Å². The topological polar surface area (TPSA) is 49.4 Å². The zero-order valence-electron chi connectivity index (χ0n) is 11.5. The molecule has 20 heavy (non-hydrogen) atoms. The summed E-state index contributed by atoms with van der Waals surface area (Å²) in [4.78, 5) is 2.77. The molecule has 1 aliphatic heterocycles. The quantitative estimate of drug-likeness (QED) is 0.760. The first-order valence-corrected chi connectivity index (χ1v) is 9.33. The molecule has 0 spiro atoms. The van der Waals surface area contributed by atoms with Crippen molar-refractivity contribution in [3.05, 3.63) is 28.7 Å². The number of nitrogens with zero attached hydrogens (tertiary/aromatic N) is 1. The summed E-state index contributed by atoms with van der Waals surface area (Å²) in [5, 5.41) is 0. The number of halogens is 1. The zero-order chi connectivity index (χ0) is 14.4. The summed E-state index contributed by atoms with van der Waals surface area (Å²) in [6.07, 6.45) is 4.53. The van der Waals surface area contributed by atoms with Crippen LogP contribution in [0.1, 0.15) is 25.7 Å². The molecule has 1 aromatic rings. The third-order valence-electron chi connectivity index (χ3n) is 3.52. The van der Waals surface area contributed by atoms with Crippen molar-refractivity contribution in [2.24, 2.45) is 0 Å². The highest BCUT2D eigenvalue weighted by molar-refractivity contribution is 9.10. The van der Waals surface area contributed by atoms with Gasteiger partial charge in [0.1, 0.15) is 0 Å². The maximum absolute atomic E-state index is 12.0. The molecule has 1 saturated heterocycles. The Morgan fingerprint density at radius 1 is 1.10 bits per heavy atom. The van der Waals surface area contributed by atoms with E-state index in [0.29, 0.717) is 11.4 Å². The van der Waals surface area contributed by atoms with Crippen molar-refractivity contribution in [1.29, 1.82) is 0 Å². The SMILES string of the molecule is O=S(=O)(NCCCCN1CCCC1)c1ccc(Br)cc1. The van der Waals surface area contributed by atoms with Crippen LogP contribution in [0, 0.1) is 0 Å². The first kappa shape index (κ1) is 15.9. The van der Waals surface area contributed by atoms with Crippen LogP contribution in [-0.4, -0.2) is 39.5 Å². The van der Waals surface area contributed by atoms with Crippen LogP contribution >= 0.6 is 15.9 Å². The third-order valence-corrected chi connectivity index (χ3v) is 5.52. The van der Waals surface area contributed by atoms with Gasteiger partial charge in [-0.05, 0) is 69.6 Å². The number of rotatable bonds is 7. The Balaban J connectivity index is 1.71. The van der Waals surface area contributed by atoms with E-state index in [-0.39, 0.29) is 0 Å². The molecule has 4 nitrogen and oxygen atoms in total. The maximum Gasteiger partial charge on any atom is 0.240 e. The molecule has 0 amide bonds. The van der Waals surface area contributed by atoms with Gasteiger partial charge in [-0.25, -0.2) is 13.1 Å². The highest BCUT2D eigenvalue weighted by Crippen LogP contribution is 2.14. The Kier molecular flexibility index (Phi) is 6.01. The van der Waals surface area contributed by atoms with E-state index in [0.717, 1.165) is 23.9 Å². The van der Waals surface area contributed by atoms with Gasteiger partial charge in [0.15, 0.2) is 0 Å². The highest BCUT2D eigenvalue weighted by Gasteiger charge is 2.13. The fraction of sp³-hybridized carbons (Fsp3) is 0.571. The minimum absolute atomic E-state index is 0.320. The van der Waals surface area contributed by atoms with Gasteiger partial charge in [0.2, 0.25) is 10.0 Å². The van der Waals surface area contributed by atoms with Crippen LogP contribution < -0.4 is 4.72 Å². The van der Waals surface area contributed by atoms with Gasteiger partial charge in [-0.1, -0.05) is 15.9 Å². The fourth-order valence-electron chi connectivity index (χ4n) is 2.37. The van der Waals surface area contributed by atoms with Crippen molar-refractivity contribution < 1.29 is 8.42 Å². The predicted molar refractivity (Wildman–Crippen MR) is 84.2 cm³/mol. The van der Waals surface area contributed by atoms with Gasteiger partial charge >= 0.3 is 0 Å². The van der Waals surface area contributed by atoms with E-state index in [1.54, 1.807) is 24.3 Å². The predicted octanol–water partition coefficient (Wildman–Crippen LogP) is 2.60. The van der Waals surface area contributed by atoms with Crippen LogP contribution in [-0.2, 0) is 10.0 Å². The van der Waals surface area contributed by atoms with Gasteiger partial charge in [-0.15, -0.1) is 0 Å². The van der Waals surface area contributed by atoms with Crippen molar-refractivity contribution in [3.63, 3.8) is 0 Å². The first-order valence-electron chi connectivity index (χ1n) is 7.05. The molecular formula is C14H21BrN2O2S. The lowest BCUT2D eigenvalue weighted by Gasteiger charge is -2.14. The molecule has 1 aromatic carbocycles. The molecule has 0 radical (unpaired) electrons. The molecule has 112 valence electrons. The van der Waals surface area contributed by atoms with Crippen molar-refractivity contribution in [3.8, 4) is 0 Å². The van der Waals surface area contributed by atoms with Gasteiger partial charge in [0, 0.05) is 11.0 Å². The average molecular weight is 361 g/mol. The number of nitrogens with one attached hydrogen (secondary N) is 1. The Labute approximate surface area is 129 Å². The molecule has 0 saturated carbocycles. The monoisotopic (exact) mass is 360 g/mol. The second-order valence-corrected chi connectivity index (χ2v) is 7.79. The largest absolute Gasteiger partial charge is 0.303 e. The average Bonchev–Trinajstić information content (AvgIpc) is 2.92. The summed E-state index contributed by atoms with van der Waals surface area (Å²) in [7, 11) is -3.36. The van der Waals surface area contributed by atoms with Gasteiger partial charge in [0.25, 0.3) is 0 Å². The molecule has 1 aliphatic rings. The lowest BCUT2D eigenvalue weighted by atomic mass is 10.3. The zero-order valence-corrected chi connectivity index (χ0v) is 13.9. The third kappa shape index (κ3) is 4.84. The van der Waals surface area contributed by atoms with Crippen molar-refractivity contribution in [2.75, 3.05) is 26.2 Å². The standard InChI is InChI=1S/C14H21BrN2O2S/c15-13-5-7-14(8-6-13)20(18,19)16-9-1-2-10-17-11-3-4-12-17/h5-8,16H,1-4,9-12H2. The Morgan fingerprint density at radius 3 is 2.40 bits per heavy atom. The minimum atomic E-state index is -3.36. The van der Waals surface area contributed by atoms with E-state index in [1.807, 2.05) is 0 Å². The second-order valence-electron chi connectivity index (χ2n) is 5.11. The van der Waals surface area contributed by atoms with Crippen LogP contribution in [0.25, 0.3) is 0 Å². The van der Waals surface area contributed by atoms with E-state index < -0.39 is 10.0 Å². The second kappa shape index (κ2) is 7.54. The number of benzene rings is 1. The van der Waals surface area contributed by atoms with E-state index in [4.69, 9.17) is 0 Å². The van der Waals surface area contributed by atoms with E-state index in [9.17, 15) is 8.42 Å². The van der Waals surface area contributed by atoms with E-state index in [1.165, 1.54) is 25.9 Å². The normalized spacial score (nSPS) is 16.6. The van der Waals surface area contributed by atoms with Crippen molar-refractivity contribution in [2.45, 2.75) is 30.6 Å². The van der Waals surface area contributed by atoms with Crippen LogP contribution in [0.3, 0.4) is 0 Å². The Hall–Kier alpha value is -0.430. The molecule has 2 rings (SSSR count). The van der Waals surface area contributed by atoms with Crippen LogP contribution in [0.2, 0.25) is 0 Å². The van der Waals surface area contributed by atoms with Crippen LogP contribution in [0.15, 0.2) is 33.6 Å². The van der Waals surface area contributed by atoms with Gasteiger partial charge in [-0.3, -0.25) is 0 Å². The summed E-state index contributed by atoms with van der Waals surface area (Å²) in [6, 6.07) is 6.69. The summed E-state index contributed by atoms with van der Waals surface area (Å²) in [5.74, 6) is 0. The number of sulfonamides is 1. The molecular weight excluding hydrogens is 340 g/mol.